The average molecular weight is 274 g/mol. The van der Waals surface area contributed by atoms with Crippen molar-refractivity contribution < 1.29 is 0 Å². The molecule has 1 aliphatic rings. The fourth-order valence-electron chi connectivity index (χ4n) is 2.17. The summed E-state index contributed by atoms with van der Waals surface area (Å²) >= 11 is 5.61. The lowest BCUT2D eigenvalue weighted by Gasteiger charge is -2.24. The van der Waals surface area contributed by atoms with Crippen LogP contribution in [0.3, 0.4) is 0 Å². The van der Waals surface area contributed by atoms with E-state index in [1.165, 1.54) is 45.6 Å². The molecule has 0 saturated carbocycles. The lowest BCUT2D eigenvalue weighted by molar-refractivity contribution is 0.411. The van der Waals surface area contributed by atoms with Gasteiger partial charge in [0.15, 0.2) is 0 Å². The molecule has 0 spiro atoms. The Labute approximate surface area is 98.0 Å². The highest BCUT2D eigenvalue weighted by atomic mass is 79.9. The van der Waals surface area contributed by atoms with Crippen LogP contribution in [0, 0.1) is 13.8 Å². The quantitative estimate of drug-likeness (QED) is 0.817. The van der Waals surface area contributed by atoms with E-state index in [0.717, 1.165) is 0 Å². The fraction of sp³-hybridized carbons (Fsp3) is 0.636. The molecule has 14 heavy (non-hydrogen) atoms. The van der Waals surface area contributed by atoms with Crippen LogP contribution < -0.4 is 5.32 Å². The van der Waals surface area contributed by atoms with Crippen LogP contribution in [-0.2, 0) is 0 Å². The zero-order valence-electron chi connectivity index (χ0n) is 8.69. The summed E-state index contributed by atoms with van der Waals surface area (Å²) in [7, 11) is 0. The molecular formula is C11H16BrNS. The topological polar surface area (TPSA) is 12.0 Å². The SMILES string of the molecule is Cc1sc(C)c(C2CCCCN2)c1Br. The molecule has 3 heteroatoms. The third-order valence-electron chi connectivity index (χ3n) is 2.89. The van der Waals surface area contributed by atoms with Crippen LogP contribution in [0.2, 0.25) is 0 Å². The van der Waals surface area contributed by atoms with Gasteiger partial charge < -0.3 is 5.32 Å². The largest absolute Gasteiger partial charge is 0.310 e. The Bertz CT molecular complexity index is 326. The van der Waals surface area contributed by atoms with E-state index < -0.39 is 0 Å². The Balaban J connectivity index is 2.29. The minimum atomic E-state index is 0.586. The molecule has 78 valence electrons. The van der Waals surface area contributed by atoms with E-state index in [-0.39, 0.29) is 0 Å². The van der Waals surface area contributed by atoms with Crippen molar-refractivity contribution in [1.29, 1.82) is 0 Å². The van der Waals surface area contributed by atoms with Gasteiger partial charge >= 0.3 is 0 Å². The number of nitrogens with one attached hydrogen (secondary N) is 1. The summed E-state index contributed by atoms with van der Waals surface area (Å²) in [5.41, 5.74) is 1.51. The fourth-order valence-corrected chi connectivity index (χ4v) is 4.13. The second-order valence-corrected chi connectivity index (χ2v) is 6.17. The summed E-state index contributed by atoms with van der Waals surface area (Å²) in [5.74, 6) is 0. The zero-order valence-corrected chi connectivity index (χ0v) is 11.1. The summed E-state index contributed by atoms with van der Waals surface area (Å²) in [6, 6.07) is 0.586. The number of rotatable bonds is 1. The molecule has 1 aromatic rings. The van der Waals surface area contributed by atoms with Gasteiger partial charge in [0.05, 0.1) is 0 Å². The molecule has 1 saturated heterocycles. The maximum atomic E-state index is 3.71. The predicted octanol–water partition coefficient (Wildman–Crippen LogP) is 3.94. The maximum absolute atomic E-state index is 3.71. The van der Waals surface area contributed by atoms with Gasteiger partial charge in [0.1, 0.15) is 0 Å². The summed E-state index contributed by atoms with van der Waals surface area (Å²) in [6.07, 6.45) is 3.98. The molecule has 1 nitrogen and oxygen atoms in total. The first-order chi connectivity index (χ1) is 6.70. The smallest absolute Gasteiger partial charge is 0.0362 e. The van der Waals surface area contributed by atoms with E-state index >= 15 is 0 Å². The number of hydrogen-bond acceptors (Lipinski definition) is 2. The zero-order chi connectivity index (χ0) is 10.1. The highest BCUT2D eigenvalue weighted by molar-refractivity contribution is 9.10. The van der Waals surface area contributed by atoms with Crippen LogP contribution in [0.4, 0.5) is 0 Å². The van der Waals surface area contributed by atoms with Crippen molar-refractivity contribution in [1.82, 2.24) is 5.32 Å². The van der Waals surface area contributed by atoms with Gasteiger partial charge in [-0.25, -0.2) is 0 Å². The molecule has 1 aliphatic heterocycles. The molecule has 1 N–H and O–H groups in total. The predicted molar refractivity (Wildman–Crippen MR) is 66.1 cm³/mol. The van der Waals surface area contributed by atoms with Crippen LogP contribution >= 0.6 is 27.3 Å². The Morgan fingerprint density at radius 2 is 2.07 bits per heavy atom. The van der Waals surface area contributed by atoms with Crippen molar-refractivity contribution in [3.63, 3.8) is 0 Å². The molecule has 1 unspecified atom stereocenters. The first kappa shape index (κ1) is 10.7. The Kier molecular flexibility index (Phi) is 3.30. The Morgan fingerprint density at radius 3 is 2.57 bits per heavy atom. The number of aryl methyl sites for hydroxylation is 2. The van der Waals surface area contributed by atoms with Gasteiger partial charge in [-0.2, -0.15) is 0 Å². The number of piperidine rings is 1. The average Bonchev–Trinajstić information content (AvgIpc) is 2.43. The van der Waals surface area contributed by atoms with Crippen LogP contribution in [0.1, 0.15) is 40.6 Å². The normalized spacial score (nSPS) is 22.6. The molecule has 1 fully saturated rings. The van der Waals surface area contributed by atoms with Crippen molar-refractivity contribution in [2.45, 2.75) is 39.2 Å². The third-order valence-corrected chi connectivity index (χ3v) is 5.21. The number of thiophene rings is 1. The van der Waals surface area contributed by atoms with E-state index in [1.54, 1.807) is 0 Å². The van der Waals surface area contributed by atoms with Crippen LogP contribution in [0.25, 0.3) is 0 Å². The van der Waals surface area contributed by atoms with Crippen LogP contribution in [0.5, 0.6) is 0 Å². The monoisotopic (exact) mass is 273 g/mol. The second-order valence-electron chi connectivity index (χ2n) is 3.94. The van der Waals surface area contributed by atoms with E-state index in [9.17, 15) is 0 Å². The van der Waals surface area contributed by atoms with E-state index in [2.05, 4.69) is 35.1 Å². The molecule has 2 rings (SSSR count). The summed E-state index contributed by atoms with van der Waals surface area (Å²) < 4.78 is 1.33. The van der Waals surface area contributed by atoms with Crippen molar-refractivity contribution in [2.75, 3.05) is 6.54 Å². The molecule has 0 bridgehead atoms. The van der Waals surface area contributed by atoms with Crippen molar-refractivity contribution in [3.8, 4) is 0 Å². The van der Waals surface area contributed by atoms with Crippen LogP contribution in [0.15, 0.2) is 4.47 Å². The summed E-state index contributed by atoms with van der Waals surface area (Å²) in [5, 5.41) is 3.61. The maximum Gasteiger partial charge on any atom is 0.0362 e. The molecule has 2 heterocycles. The molecule has 0 radical (unpaired) electrons. The van der Waals surface area contributed by atoms with Crippen molar-refractivity contribution in [2.24, 2.45) is 0 Å². The van der Waals surface area contributed by atoms with E-state index in [0.29, 0.717) is 6.04 Å². The van der Waals surface area contributed by atoms with Gasteiger partial charge in [0.25, 0.3) is 0 Å². The molecule has 0 aliphatic carbocycles. The summed E-state index contributed by atoms with van der Waals surface area (Å²) in [6.45, 7) is 5.59. The van der Waals surface area contributed by atoms with Crippen molar-refractivity contribution >= 4 is 27.3 Å². The molecule has 0 amide bonds. The van der Waals surface area contributed by atoms with Gasteiger partial charge in [-0.1, -0.05) is 6.42 Å². The lowest BCUT2D eigenvalue weighted by Crippen LogP contribution is -2.27. The van der Waals surface area contributed by atoms with Gasteiger partial charge in [-0.3, -0.25) is 0 Å². The van der Waals surface area contributed by atoms with Crippen LogP contribution in [-0.4, -0.2) is 6.54 Å². The second kappa shape index (κ2) is 4.33. The summed E-state index contributed by atoms with van der Waals surface area (Å²) in [4.78, 5) is 2.87. The third kappa shape index (κ3) is 1.90. The van der Waals surface area contributed by atoms with Gasteiger partial charge in [0, 0.05) is 20.3 Å². The minimum Gasteiger partial charge on any atom is -0.310 e. The van der Waals surface area contributed by atoms with Gasteiger partial charge in [-0.05, 0) is 54.7 Å². The Morgan fingerprint density at radius 1 is 1.29 bits per heavy atom. The van der Waals surface area contributed by atoms with E-state index in [1.807, 2.05) is 11.3 Å². The Hall–Kier alpha value is 0.140. The highest BCUT2D eigenvalue weighted by Gasteiger charge is 2.21. The molecule has 1 aromatic heterocycles. The first-order valence-electron chi connectivity index (χ1n) is 5.19. The first-order valence-corrected chi connectivity index (χ1v) is 6.80. The van der Waals surface area contributed by atoms with Gasteiger partial charge in [-0.15, -0.1) is 11.3 Å². The standard InChI is InChI=1S/C11H16BrNS/c1-7-10(11(12)8(2)14-7)9-5-3-4-6-13-9/h9,13H,3-6H2,1-2H3. The molecule has 0 aromatic carbocycles. The van der Waals surface area contributed by atoms with Gasteiger partial charge in [0.2, 0.25) is 0 Å². The number of halogens is 1. The van der Waals surface area contributed by atoms with Crippen molar-refractivity contribution in [3.05, 3.63) is 19.8 Å². The van der Waals surface area contributed by atoms with E-state index in [4.69, 9.17) is 0 Å². The molecule has 1 atom stereocenters. The lowest BCUT2D eigenvalue weighted by atomic mass is 9.98. The molecular weight excluding hydrogens is 258 g/mol. The number of hydrogen-bond donors (Lipinski definition) is 1. The minimum absolute atomic E-state index is 0.586. The highest BCUT2D eigenvalue weighted by Crippen LogP contribution is 2.38.